The molecule has 0 unspecified atom stereocenters. The molecule has 0 bridgehead atoms. The lowest BCUT2D eigenvalue weighted by Gasteiger charge is -2.08. The highest BCUT2D eigenvalue weighted by Crippen LogP contribution is 2.24. The Bertz CT molecular complexity index is 879. The minimum absolute atomic E-state index is 0.164. The van der Waals surface area contributed by atoms with Crippen LogP contribution in [0.4, 0.5) is 10.1 Å². The first-order valence-electron chi connectivity index (χ1n) is 6.86. The number of carbonyl (C=O) groups excluding carboxylic acids is 1. The van der Waals surface area contributed by atoms with Gasteiger partial charge >= 0.3 is 0 Å². The Morgan fingerprint density at radius 3 is 3.04 bits per heavy atom. The number of nitrogens with one attached hydrogen (secondary N) is 1. The van der Waals surface area contributed by atoms with E-state index in [1.165, 1.54) is 30.2 Å². The summed E-state index contributed by atoms with van der Waals surface area (Å²) in [6, 6.07) is 4.29. The van der Waals surface area contributed by atoms with Crippen LogP contribution in [0, 0.1) is 12.7 Å². The number of hydrogen-bond acceptors (Lipinski definition) is 5. The smallest absolute Gasteiger partial charge is 0.234 e. The van der Waals surface area contributed by atoms with Gasteiger partial charge in [0.1, 0.15) is 17.2 Å². The average molecular weight is 331 g/mol. The van der Waals surface area contributed by atoms with Crippen molar-refractivity contribution in [1.29, 1.82) is 0 Å². The fourth-order valence-corrected chi connectivity index (χ4v) is 2.87. The molecule has 118 valence electrons. The fourth-order valence-electron chi connectivity index (χ4n) is 2.10. The van der Waals surface area contributed by atoms with E-state index in [-0.39, 0.29) is 17.5 Å². The third-order valence-electron chi connectivity index (χ3n) is 3.31. The number of thioether (sulfide) groups is 1. The maximum absolute atomic E-state index is 13.2. The number of fused-ring (bicyclic) bond motifs is 1. The second-order valence-corrected chi connectivity index (χ2v) is 5.94. The quantitative estimate of drug-likeness (QED) is 0.587. The molecule has 0 aliphatic carbocycles. The topological polar surface area (TPSA) is 72.7 Å². The second-order valence-electron chi connectivity index (χ2n) is 4.98. The number of benzene rings is 1. The zero-order valence-corrected chi connectivity index (χ0v) is 13.4. The van der Waals surface area contributed by atoms with Crippen molar-refractivity contribution in [2.75, 3.05) is 11.1 Å². The first kappa shape index (κ1) is 15.4. The standard InChI is InChI=1S/C15H14FN5OS/c1-9-3-4-10(16)5-12(9)20-13(22)7-23-15-11-6-19-21(2)14(11)17-8-18-15/h3-6,8H,7H2,1-2H3,(H,20,22). The van der Waals surface area contributed by atoms with Gasteiger partial charge in [0.05, 0.1) is 17.3 Å². The van der Waals surface area contributed by atoms with E-state index in [1.807, 2.05) is 6.92 Å². The van der Waals surface area contributed by atoms with Gasteiger partial charge in [-0.1, -0.05) is 17.8 Å². The lowest BCUT2D eigenvalue weighted by molar-refractivity contribution is -0.113. The first-order chi connectivity index (χ1) is 11.0. The van der Waals surface area contributed by atoms with Crippen molar-refractivity contribution in [3.8, 4) is 0 Å². The van der Waals surface area contributed by atoms with Gasteiger partial charge in [0.15, 0.2) is 5.65 Å². The molecule has 0 aliphatic heterocycles. The molecule has 6 nitrogen and oxygen atoms in total. The molecule has 0 saturated heterocycles. The van der Waals surface area contributed by atoms with Crippen LogP contribution in [0.1, 0.15) is 5.56 Å². The van der Waals surface area contributed by atoms with Crippen molar-refractivity contribution in [2.45, 2.75) is 11.9 Å². The maximum Gasteiger partial charge on any atom is 0.234 e. The number of carbonyl (C=O) groups is 1. The molecule has 1 amide bonds. The largest absolute Gasteiger partial charge is 0.325 e. The third kappa shape index (κ3) is 3.31. The zero-order valence-electron chi connectivity index (χ0n) is 12.6. The number of anilines is 1. The van der Waals surface area contributed by atoms with Crippen molar-refractivity contribution in [2.24, 2.45) is 7.05 Å². The number of amides is 1. The highest BCUT2D eigenvalue weighted by atomic mass is 32.2. The Morgan fingerprint density at radius 2 is 2.22 bits per heavy atom. The summed E-state index contributed by atoms with van der Waals surface area (Å²) in [4.78, 5) is 20.4. The van der Waals surface area contributed by atoms with Gasteiger partial charge in [-0.05, 0) is 24.6 Å². The SMILES string of the molecule is Cc1ccc(F)cc1NC(=O)CSc1ncnc2c1cnn2C. The summed E-state index contributed by atoms with van der Waals surface area (Å²) in [6.07, 6.45) is 3.12. The molecular formula is C15H14FN5OS. The lowest BCUT2D eigenvalue weighted by atomic mass is 10.2. The maximum atomic E-state index is 13.2. The molecule has 23 heavy (non-hydrogen) atoms. The van der Waals surface area contributed by atoms with Crippen LogP contribution < -0.4 is 5.32 Å². The van der Waals surface area contributed by atoms with Gasteiger partial charge in [-0.2, -0.15) is 5.10 Å². The number of nitrogens with zero attached hydrogens (tertiary/aromatic N) is 4. The molecule has 8 heteroatoms. The molecule has 1 N–H and O–H groups in total. The van der Waals surface area contributed by atoms with E-state index in [4.69, 9.17) is 0 Å². The van der Waals surface area contributed by atoms with Gasteiger partial charge in [-0.25, -0.2) is 14.4 Å². The summed E-state index contributed by atoms with van der Waals surface area (Å²) in [7, 11) is 1.79. The predicted molar refractivity (Wildman–Crippen MR) is 86.8 cm³/mol. The van der Waals surface area contributed by atoms with Crippen LogP contribution in [0.5, 0.6) is 0 Å². The van der Waals surface area contributed by atoms with Crippen LogP contribution in [-0.2, 0) is 11.8 Å². The molecule has 0 spiro atoms. The van der Waals surface area contributed by atoms with Gasteiger partial charge in [-0.15, -0.1) is 0 Å². The molecular weight excluding hydrogens is 317 g/mol. The van der Waals surface area contributed by atoms with Crippen LogP contribution in [0.3, 0.4) is 0 Å². The van der Waals surface area contributed by atoms with Crippen molar-refractivity contribution in [3.05, 3.63) is 42.1 Å². The molecule has 0 aliphatic rings. The number of aryl methyl sites for hydroxylation is 2. The average Bonchev–Trinajstić information content (AvgIpc) is 2.91. The molecule has 0 radical (unpaired) electrons. The van der Waals surface area contributed by atoms with Gasteiger partial charge in [0, 0.05) is 12.7 Å². The van der Waals surface area contributed by atoms with Crippen molar-refractivity contribution in [3.63, 3.8) is 0 Å². The van der Waals surface area contributed by atoms with Crippen LogP contribution in [0.25, 0.3) is 11.0 Å². The van der Waals surface area contributed by atoms with Crippen LogP contribution >= 0.6 is 11.8 Å². The Hall–Kier alpha value is -2.48. The van der Waals surface area contributed by atoms with E-state index in [0.717, 1.165) is 10.9 Å². The van der Waals surface area contributed by atoms with E-state index >= 15 is 0 Å². The molecule has 0 saturated carbocycles. The number of rotatable bonds is 4. The fraction of sp³-hybridized carbons (Fsp3) is 0.200. The van der Waals surface area contributed by atoms with Gasteiger partial charge < -0.3 is 5.32 Å². The van der Waals surface area contributed by atoms with Crippen molar-refractivity contribution in [1.82, 2.24) is 19.7 Å². The van der Waals surface area contributed by atoms with Gasteiger partial charge in [0.25, 0.3) is 0 Å². The summed E-state index contributed by atoms with van der Waals surface area (Å²) < 4.78 is 14.9. The molecule has 1 aromatic carbocycles. The normalized spacial score (nSPS) is 10.9. The van der Waals surface area contributed by atoms with E-state index in [1.54, 1.807) is 24.0 Å². The zero-order chi connectivity index (χ0) is 16.4. The minimum Gasteiger partial charge on any atom is -0.325 e. The van der Waals surface area contributed by atoms with Gasteiger partial charge in [-0.3, -0.25) is 9.48 Å². The molecule has 0 atom stereocenters. The number of hydrogen-bond donors (Lipinski definition) is 1. The molecule has 0 fully saturated rings. The van der Waals surface area contributed by atoms with Crippen LogP contribution in [-0.4, -0.2) is 31.4 Å². The predicted octanol–water partition coefficient (Wildman–Crippen LogP) is 2.54. The van der Waals surface area contributed by atoms with Crippen molar-refractivity contribution < 1.29 is 9.18 Å². The van der Waals surface area contributed by atoms with E-state index < -0.39 is 0 Å². The van der Waals surface area contributed by atoms with Gasteiger partial charge in [0.2, 0.25) is 5.91 Å². The molecule has 3 aromatic rings. The van der Waals surface area contributed by atoms with E-state index in [0.29, 0.717) is 16.4 Å². The Balaban J connectivity index is 1.70. The summed E-state index contributed by atoms with van der Waals surface area (Å²) in [5.74, 6) is -0.442. The Labute approximate surface area is 136 Å². The monoisotopic (exact) mass is 331 g/mol. The van der Waals surface area contributed by atoms with Crippen LogP contribution in [0.15, 0.2) is 35.7 Å². The second kappa shape index (κ2) is 6.33. The first-order valence-corrected chi connectivity index (χ1v) is 7.84. The highest BCUT2D eigenvalue weighted by molar-refractivity contribution is 8.00. The summed E-state index contributed by atoms with van der Waals surface area (Å²) in [5.41, 5.74) is 2.00. The van der Waals surface area contributed by atoms with E-state index in [9.17, 15) is 9.18 Å². The lowest BCUT2D eigenvalue weighted by Crippen LogP contribution is -2.15. The minimum atomic E-state index is -0.383. The van der Waals surface area contributed by atoms with E-state index in [2.05, 4.69) is 20.4 Å². The summed E-state index contributed by atoms with van der Waals surface area (Å²) in [6.45, 7) is 1.81. The number of halogens is 1. The molecule has 3 rings (SSSR count). The summed E-state index contributed by atoms with van der Waals surface area (Å²) >= 11 is 1.29. The molecule has 2 heterocycles. The van der Waals surface area contributed by atoms with Crippen LogP contribution in [0.2, 0.25) is 0 Å². The Kier molecular flexibility index (Phi) is 4.24. The van der Waals surface area contributed by atoms with Crippen molar-refractivity contribution >= 4 is 34.4 Å². The Morgan fingerprint density at radius 1 is 1.39 bits per heavy atom. The highest BCUT2D eigenvalue weighted by Gasteiger charge is 2.11. The number of aromatic nitrogens is 4. The third-order valence-corrected chi connectivity index (χ3v) is 4.31. The summed E-state index contributed by atoms with van der Waals surface area (Å²) in [5, 5.41) is 8.33. The molecule has 2 aromatic heterocycles.